The number of nitrogens with zero attached hydrogens (tertiary/aromatic N) is 4. The molecule has 39 heavy (non-hydrogen) atoms. The maximum atomic E-state index is 13.6. The fraction of sp³-hybridized carbons (Fsp3) is 0.615. The third-order valence-electron chi connectivity index (χ3n) is 7.57. The summed E-state index contributed by atoms with van der Waals surface area (Å²) in [6.45, 7) is 2.45. The second-order valence-electron chi connectivity index (χ2n) is 10.4. The average molecular weight is 550 g/mol. The maximum Gasteiger partial charge on any atom is 0.437 e. The van der Waals surface area contributed by atoms with Gasteiger partial charge >= 0.3 is 12.2 Å². The fourth-order valence-electron chi connectivity index (χ4n) is 5.45. The lowest BCUT2D eigenvalue weighted by molar-refractivity contribution is -0.141. The predicted octanol–water partition coefficient (Wildman–Crippen LogP) is 4.54. The summed E-state index contributed by atoms with van der Waals surface area (Å²) < 4.78 is 46.2. The van der Waals surface area contributed by atoms with E-state index in [-0.39, 0.29) is 29.8 Å². The zero-order valence-corrected chi connectivity index (χ0v) is 21.7. The minimum Gasteiger partial charge on any atom is -0.417 e. The van der Waals surface area contributed by atoms with Crippen LogP contribution in [0.4, 0.5) is 35.5 Å². The van der Waals surface area contributed by atoms with Gasteiger partial charge in [-0.1, -0.05) is 12.8 Å². The molecule has 0 bridgehead atoms. The second kappa shape index (κ2) is 11.7. The van der Waals surface area contributed by atoms with E-state index in [1.807, 2.05) is 0 Å². The number of hydrogen-bond acceptors (Lipinski definition) is 7. The molecule has 0 unspecified atom stereocenters. The molecule has 0 atom stereocenters. The van der Waals surface area contributed by atoms with Crippen molar-refractivity contribution in [3.05, 3.63) is 29.8 Å². The highest BCUT2D eigenvalue weighted by Gasteiger charge is 2.42. The van der Waals surface area contributed by atoms with Crippen molar-refractivity contribution in [2.24, 2.45) is 0 Å². The first-order chi connectivity index (χ1) is 18.8. The van der Waals surface area contributed by atoms with Gasteiger partial charge in [-0.3, -0.25) is 4.79 Å². The molecule has 1 aliphatic carbocycles. The number of hydrogen-bond donors (Lipinski definition) is 3. The van der Waals surface area contributed by atoms with Gasteiger partial charge in [-0.2, -0.15) is 18.2 Å². The Hall–Kier alpha value is -3.51. The summed E-state index contributed by atoms with van der Waals surface area (Å²) in [7, 11) is 0. The van der Waals surface area contributed by atoms with Gasteiger partial charge < -0.3 is 30.2 Å². The number of nitrogens with one attached hydrogen (secondary N) is 3. The first kappa shape index (κ1) is 27.1. The number of anilines is 3. The van der Waals surface area contributed by atoms with Gasteiger partial charge in [-0.15, -0.1) is 0 Å². The van der Waals surface area contributed by atoms with Crippen LogP contribution in [0.1, 0.15) is 74.0 Å². The molecule has 212 valence electrons. The molecule has 10 nitrogen and oxygen atoms in total. The molecule has 3 aliphatic rings. The van der Waals surface area contributed by atoms with E-state index in [2.05, 4.69) is 30.8 Å². The predicted molar refractivity (Wildman–Crippen MR) is 139 cm³/mol. The number of halogens is 3. The van der Waals surface area contributed by atoms with Gasteiger partial charge in [-0.05, 0) is 57.1 Å². The molecule has 0 spiro atoms. The minimum absolute atomic E-state index is 0.0841. The van der Waals surface area contributed by atoms with E-state index in [4.69, 9.17) is 4.42 Å². The Morgan fingerprint density at radius 2 is 1.54 bits per heavy atom. The highest BCUT2D eigenvalue weighted by molar-refractivity contribution is 6.03. The monoisotopic (exact) mass is 549 g/mol. The van der Waals surface area contributed by atoms with Gasteiger partial charge in [0, 0.05) is 38.3 Å². The molecule has 2 aromatic rings. The fourth-order valence-corrected chi connectivity index (χ4v) is 5.45. The Morgan fingerprint density at radius 3 is 2.15 bits per heavy atom. The summed E-state index contributed by atoms with van der Waals surface area (Å²) in [6.07, 6.45) is 5.15. The average Bonchev–Trinajstić information content (AvgIpc) is 3.61. The van der Waals surface area contributed by atoms with E-state index >= 15 is 0 Å². The topological polar surface area (TPSA) is 116 Å². The Labute approximate surface area is 224 Å². The summed E-state index contributed by atoms with van der Waals surface area (Å²) in [5, 5.41) is 8.55. The van der Waals surface area contributed by atoms with Crippen molar-refractivity contribution in [2.75, 3.05) is 41.3 Å². The highest BCUT2D eigenvalue weighted by Crippen LogP contribution is 2.35. The van der Waals surface area contributed by atoms with Gasteiger partial charge in [0.25, 0.3) is 11.9 Å². The van der Waals surface area contributed by atoms with Gasteiger partial charge in [0.15, 0.2) is 5.69 Å². The molecular formula is C26H34F3N7O3. The van der Waals surface area contributed by atoms with Crippen LogP contribution in [0, 0.1) is 0 Å². The summed E-state index contributed by atoms with van der Waals surface area (Å²) in [4.78, 5) is 36.7. The number of rotatable bonds is 6. The second-order valence-corrected chi connectivity index (χ2v) is 10.4. The smallest absolute Gasteiger partial charge is 0.417 e. The number of aromatic nitrogens is 2. The van der Waals surface area contributed by atoms with E-state index in [1.54, 1.807) is 17.0 Å². The Balaban J connectivity index is 1.15. The van der Waals surface area contributed by atoms with Gasteiger partial charge in [0.05, 0.1) is 11.9 Å². The van der Waals surface area contributed by atoms with Crippen LogP contribution in [0.3, 0.4) is 0 Å². The van der Waals surface area contributed by atoms with Crippen molar-refractivity contribution in [1.29, 1.82) is 0 Å². The molecular weight excluding hydrogens is 515 g/mol. The molecule has 3 N–H and O–H groups in total. The third-order valence-corrected chi connectivity index (χ3v) is 7.57. The summed E-state index contributed by atoms with van der Waals surface area (Å²) in [6, 6.07) is 3.36. The number of amides is 3. The Morgan fingerprint density at radius 1 is 0.872 bits per heavy atom. The first-order valence-electron chi connectivity index (χ1n) is 13.7. The molecule has 0 aromatic carbocycles. The molecule has 2 saturated heterocycles. The van der Waals surface area contributed by atoms with E-state index < -0.39 is 23.5 Å². The zero-order chi connectivity index (χ0) is 27.4. The Kier molecular flexibility index (Phi) is 8.12. The lowest BCUT2D eigenvalue weighted by Crippen LogP contribution is -2.49. The molecule has 3 amide bonds. The summed E-state index contributed by atoms with van der Waals surface area (Å²) >= 11 is 0. The zero-order valence-electron chi connectivity index (χ0n) is 21.7. The van der Waals surface area contributed by atoms with E-state index in [1.165, 1.54) is 6.20 Å². The van der Waals surface area contributed by atoms with Crippen LogP contribution in [0.15, 0.2) is 22.7 Å². The van der Waals surface area contributed by atoms with E-state index in [0.717, 1.165) is 57.8 Å². The standard InChI is InChI=1S/C26H34F3N7O3/c27-26(28,29)22-21(39-25(34-22)36-12-4-1-5-13-36)23(37)31-19-8-9-20(30-16-19)35-14-10-18(11-15-35)33-24(38)32-17-6-2-3-7-17/h8-9,16-18H,1-7,10-15H2,(H,31,37)(H2,32,33,38). The molecule has 2 aromatic heterocycles. The van der Waals surface area contributed by atoms with Crippen molar-refractivity contribution in [3.8, 4) is 0 Å². The molecule has 1 saturated carbocycles. The number of carbonyl (C=O) groups is 2. The highest BCUT2D eigenvalue weighted by atomic mass is 19.4. The van der Waals surface area contributed by atoms with Crippen LogP contribution in [-0.2, 0) is 6.18 Å². The third kappa shape index (κ3) is 6.74. The van der Waals surface area contributed by atoms with Crippen LogP contribution in [0.25, 0.3) is 0 Å². The number of carbonyl (C=O) groups excluding carboxylic acids is 2. The van der Waals surface area contributed by atoms with Crippen LogP contribution < -0.4 is 25.8 Å². The lowest BCUT2D eigenvalue weighted by atomic mass is 10.1. The van der Waals surface area contributed by atoms with Crippen LogP contribution in [-0.4, -0.2) is 60.2 Å². The molecule has 3 fully saturated rings. The number of piperidine rings is 2. The molecule has 4 heterocycles. The summed E-state index contributed by atoms with van der Waals surface area (Å²) in [5.41, 5.74) is -1.09. The molecule has 13 heteroatoms. The van der Waals surface area contributed by atoms with E-state index in [0.29, 0.717) is 32.0 Å². The van der Waals surface area contributed by atoms with Crippen LogP contribution in [0.5, 0.6) is 0 Å². The quantitative estimate of drug-likeness (QED) is 0.485. The van der Waals surface area contributed by atoms with Gasteiger partial charge in [-0.25, -0.2) is 9.78 Å². The number of pyridine rings is 1. The van der Waals surface area contributed by atoms with Gasteiger partial charge in [0.2, 0.25) is 5.76 Å². The van der Waals surface area contributed by atoms with Crippen LogP contribution >= 0.6 is 0 Å². The summed E-state index contributed by atoms with van der Waals surface area (Å²) in [5.74, 6) is -1.21. The number of alkyl halides is 3. The van der Waals surface area contributed by atoms with Crippen molar-refractivity contribution in [3.63, 3.8) is 0 Å². The molecule has 5 rings (SSSR count). The van der Waals surface area contributed by atoms with Crippen molar-refractivity contribution in [2.45, 2.75) is 76.0 Å². The largest absolute Gasteiger partial charge is 0.437 e. The minimum atomic E-state index is -4.83. The lowest BCUT2D eigenvalue weighted by Gasteiger charge is -2.33. The van der Waals surface area contributed by atoms with Crippen molar-refractivity contribution in [1.82, 2.24) is 20.6 Å². The van der Waals surface area contributed by atoms with Gasteiger partial charge in [0.1, 0.15) is 5.82 Å². The maximum absolute atomic E-state index is 13.6. The number of oxazole rings is 1. The molecule has 0 radical (unpaired) electrons. The van der Waals surface area contributed by atoms with Crippen LogP contribution in [0.2, 0.25) is 0 Å². The van der Waals surface area contributed by atoms with Crippen molar-refractivity contribution < 1.29 is 27.2 Å². The normalized spacial score (nSPS) is 19.3. The van der Waals surface area contributed by atoms with Crippen molar-refractivity contribution >= 4 is 29.5 Å². The first-order valence-corrected chi connectivity index (χ1v) is 13.7. The Bertz CT molecular complexity index is 1130. The SMILES string of the molecule is O=C(NC1CCCC1)NC1CCN(c2ccc(NC(=O)c3oc(N4CCCCC4)nc3C(F)(F)F)cn2)CC1. The van der Waals surface area contributed by atoms with E-state index in [9.17, 15) is 22.8 Å². The molecule has 2 aliphatic heterocycles. The number of urea groups is 1.